The fourth-order valence-corrected chi connectivity index (χ4v) is 6.01. The topological polar surface area (TPSA) is 32.5 Å². The Bertz CT molecular complexity index is 1970. The Hall–Kier alpha value is -4.39. The zero-order valence-corrected chi connectivity index (χ0v) is 30.0. The first-order chi connectivity index (χ1) is 23.8. The van der Waals surface area contributed by atoms with Crippen molar-refractivity contribution in [3.8, 4) is 5.75 Å². The van der Waals surface area contributed by atoms with Crippen molar-refractivity contribution in [3.63, 3.8) is 0 Å². The SMILES string of the molecule is CC1(C)C(/C=C/c2ccc(N3CCCC3)cc2)=[N+](Cc2ccc(C(=O)Oc3c(F)c(F)c(F)c(F)c3F)cc2)c2ccccc21.[F-].[F][Sb]([F])([F])([F])[F]. The number of carbonyl (C=O) groups excluding carboxylic acids is 1. The van der Waals surface area contributed by atoms with E-state index >= 15 is 0 Å². The summed E-state index contributed by atoms with van der Waals surface area (Å²) in [5.41, 5.74) is 5.98. The summed E-state index contributed by atoms with van der Waals surface area (Å²) in [4.78, 5) is 15.0. The maximum absolute atomic E-state index is 14.0. The molecule has 278 valence electrons. The fourth-order valence-electron chi connectivity index (χ4n) is 6.01. The average Bonchev–Trinajstić information content (AvgIpc) is 3.69. The van der Waals surface area contributed by atoms with Crippen molar-refractivity contribution in [3.05, 3.63) is 130 Å². The number of nitrogens with zero attached hydrogens (tertiary/aromatic N) is 2. The van der Waals surface area contributed by atoms with Crippen LogP contribution in [0.1, 0.15) is 53.7 Å². The minimum atomic E-state index is -9.19. The Morgan fingerprint density at radius 2 is 1.29 bits per heavy atom. The summed E-state index contributed by atoms with van der Waals surface area (Å²) in [5.74, 6) is -14.1. The van der Waals surface area contributed by atoms with Crippen LogP contribution in [-0.2, 0) is 12.0 Å². The first-order valence-corrected chi connectivity index (χ1v) is 20.3. The van der Waals surface area contributed by atoms with E-state index in [0.29, 0.717) is 6.54 Å². The summed E-state index contributed by atoms with van der Waals surface area (Å²) in [6, 6.07) is 22.8. The van der Waals surface area contributed by atoms with E-state index in [0.717, 1.165) is 41.2 Å². The molecule has 2 heterocycles. The van der Waals surface area contributed by atoms with Gasteiger partial charge in [0.05, 0.1) is 11.0 Å². The van der Waals surface area contributed by atoms with E-state index in [9.17, 15) is 40.8 Å². The van der Waals surface area contributed by atoms with E-state index in [1.54, 1.807) is 12.1 Å². The number of hydrogen-bond acceptors (Lipinski definition) is 3. The van der Waals surface area contributed by atoms with Crippen molar-refractivity contribution in [1.82, 2.24) is 0 Å². The minimum absolute atomic E-state index is 0. The number of carbonyl (C=O) groups is 1. The summed E-state index contributed by atoms with van der Waals surface area (Å²) in [6.45, 7) is 6.95. The summed E-state index contributed by atoms with van der Waals surface area (Å²) < 4.78 is 125. The molecule has 0 radical (unpaired) electrons. The molecule has 0 aromatic heterocycles. The van der Waals surface area contributed by atoms with E-state index in [1.807, 2.05) is 12.1 Å². The zero-order chi connectivity index (χ0) is 37.3. The number of benzene rings is 4. The van der Waals surface area contributed by atoms with Gasteiger partial charge in [-0.3, -0.25) is 0 Å². The molecule has 0 amide bonds. The third-order valence-electron chi connectivity index (χ3n) is 8.49. The predicted octanol–water partition coefficient (Wildman–Crippen LogP) is 7.22. The van der Waals surface area contributed by atoms with E-state index in [4.69, 9.17) is 0 Å². The summed E-state index contributed by atoms with van der Waals surface area (Å²) in [5, 5.41) is 0. The zero-order valence-electron chi connectivity index (χ0n) is 27.4. The molecule has 0 aliphatic carbocycles. The number of allylic oxidation sites excluding steroid dienone is 1. The number of esters is 1. The molecule has 0 N–H and O–H groups in total. The van der Waals surface area contributed by atoms with Gasteiger partial charge in [-0.15, -0.1) is 0 Å². The molecule has 6 rings (SSSR count). The van der Waals surface area contributed by atoms with Crippen LogP contribution in [0.4, 0.5) is 47.4 Å². The van der Waals surface area contributed by atoms with Crippen LogP contribution in [0.2, 0.25) is 0 Å². The van der Waals surface area contributed by atoms with E-state index < -0.39 is 61.1 Å². The Balaban J connectivity index is 0.000000798. The standard InChI is InChI=1S/C36H30F5N2O2.6FH.Sb/c1-36(2)26-7-3-4-8-27(26)43(28(36)18-13-22-11-16-25(17-12-22)42-19-5-6-20-42)21-23-9-14-24(15-10-23)35(44)45-34-32(40)30(38)29(37)31(39)33(34)41;;;;;;;/h3-4,7-18H,5-6,19-21H2,1-2H3;6*1H;/q+1;;;;;;;+5/p-6. The van der Waals surface area contributed by atoms with Gasteiger partial charge in [0.2, 0.25) is 40.5 Å². The second kappa shape index (κ2) is 15.3. The van der Waals surface area contributed by atoms with Crippen molar-refractivity contribution in [1.29, 1.82) is 0 Å². The molecular weight excluding hydrogens is 823 g/mol. The van der Waals surface area contributed by atoms with Crippen LogP contribution in [0, 0.1) is 29.1 Å². The summed E-state index contributed by atoms with van der Waals surface area (Å²) in [7, 11) is 0. The third-order valence-corrected chi connectivity index (χ3v) is 8.49. The van der Waals surface area contributed by atoms with Crippen LogP contribution in [0.5, 0.6) is 5.75 Å². The number of ether oxygens (including phenoxy) is 1. The van der Waals surface area contributed by atoms with E-state index in [2.05, 4.69) is 76.6 Å². The normalized spacial score (nSPS) is 15.8. The first kappa shape index (κ1) is 40.4. The maximum atomic E-state index is 14.0. The molecule has 4 aromatic carbocycles. The molecule has 2 aliphatic rings. The molecule has 16 heteroatoms. The van der Waals surface area contributed by atoms with Crippen molar-refractivity contribution in [2.45, 2.75) is 38.6 Å². The van der Waals surface area contributed by atoms with Gasteiger partial charge in [0.25, 0.3) is 0 Å². The molecule has 0 bridgehead atoms. The second-order valence-corrected chi connectivity index (χ2v) is 16.0. The van der Waals surface area contributed by atoms with Gasteiger partial charge in [-0.2, -0.15) is 13.4 Å². The average molecular weight is 853 g/mol. The van der Waals surface area contributed by atoms with E-state index in [1.165, 1.54) is 30.7 Å². The molecule has 4 aromatic rings. The van der Waals surface area contributed by atoms with Crippen molar-refractivity contribution < 1.29 is 54.8 Å². The van der Waals surface area contributed by atoms with Gasteiger partial charge < -0.3 is 14.3 Å². The Labute approximate surface area is 296 Å². The molecule has 1 saturated heterocycles. The number of para-hydroxylation sites is 1. The van der Waals surface area contributed by atoms with Crippen LogP contribution < -0.4 is 14.3 Å². The Kier molecular flexibility index (Phi) is 11.9. The predicted molar refractivity (Wildman–Crippen MR) is 174 cm³/mol. The number of rotatable bonds is 7. The molecule has 2 aliphatic heterocycles. The molecule has 52 heavy (non-hydrogen) atoms. The number of halogens is 11. The van der Waals surface area contributed by atoms with Gasteiger partial charge in [-0.05, 0) is 62.6 Å². The third kappa shape index (κ3) is 9.33. The van der Waals surface area contributed by atoms with Gasteiger partial charge >= 0.3 is 40.3 Å². The van der Waals surface area contributed by atoms with Crippen molar-refractivity contribution in [2.75, 3.05) is 18.0 Å². The first-order valence-electron chi connectivity index (χ1n) is 15.5. The Morgan fingerprint density at radius 1 is 0.769 bits per heavy atom. The fraction of sp³-hybridized carbons (Fsp3) is 0.222. The number of anilines is 1. The van der Waals surface area contributed by atoms with Crippen LogP contribution in [0.3, 0.4) is 0 Å². The number of hydrogen-bond donors (Lipinski definition) is 0. The summed E-state index contributed by atoms with van der Waals surface area (Å²) >= 11 is -9.19. The van der Waals surface area contributed by atoms with Gasteiger partial charge in [-0.1, -0.05) is 42.5 Å². The monoisotopic (exact) mass is 852 g/mol. The second-order valence-electron chi connectivity index (χ2n) is 12.4. The van der Waals surface area contributed by atoms with Gasteiger partial charge in [0.15, 0.2) is 12.3 Å². The van der Waals surface area contributed by atoms with Crippen LogP contribution in [-0.4, -0.2) is 49.6 Å². The molecule has 0 atom stereocenters. The molecule has 1 fully saturated rings. The van der Waals surface area contributed by atoms with Gasteiger partial charge in [-0.25, -0.2) is 18.0 Å². The van der Waals surface area contributed by atoms with Crippen molar-refractivity contribution >= 4 is 49.4 Å². The van der Waals surface area contributed by atoms with Crippen LogP contribution in [0.25, 0.3) is 6.08 Å². The molecular formula is C36H30F11N2O2Sb. The Morgan fingerprint density at radius 3 is 1.85 bits per heavy atom. The van der Waals surface area contributed by atoms with Crippen LogP contribution in [0.15, 0.2) is 78.9 Å². The molecule has 0 saturated carbocycles. The number of fused-ring (bicyclic) bond motifs is 1. The van der Waals surface area contributed by atoms with Gasteiger partial charge in [0.1, 0.15) is 0 Å². The quantitative estimate of drug-likeness (QED) is 0.0375. The molecule has 4 nitrogen and oxygen atoms in total. The van der Waals surface area contributed by atoms with Crippen LogP contribution >= 0.6 is 0 Å². The van der Waals surface area contributed by atoms with Gasteiger partial charge in [0, 0.05) is 42.0 Å². The molecule has 0 spiro atoms. The van der Waals surface area contributed by atoms with Crippen molar-refractivity contribution in [2.24, 2.45) is 0 Å². The summed E-state index contributed by atoms with van der Waals surface area (Å²) in [6.07, 6.45) is 6.66. The van der Waals surface area contributed by atoms with E-state index in [-0.39, 0.29) is 15.7 Å². The molecule has 0 unspecified atom stereocenters.